The van der Waals surface area contributed by atoms with Crippen molar-refractivity contribution in [3.63, 3.8) is 0 Å². The van der Waals surface area contributed by atoms with Crippen molar-refractivity contribution in [3.8, 4) is 0 Å². The number of unbranched alkanes of at least 4 members (excludes halogenated alkanes) is 16. The molecule has 0 amide bonds. The third-order valence-corrected chi connectivity index (χ3v) is 10.6. The summed E-state index contributed by atoms with van der Waals surface area (Å²) in [6.07, 6.45) is 31.7. The van der Waals surface area contributed by atoms with Gasteiger partial charge in [-0.3, -0.25) is 14.1 Å². The zero-order chi connectivity index (χ0) is 42.7. The molecular formula is C45H78O12S. The summed E-state index contributed by atoms with van der Waals surface area (Å²) in [7, 11) is -4.61. The maximum absolute atomic E-state index is 12.8. The van der Waals surface area contributed by atoms with E-state index in [-0.39, 0.29) is 19.4 Å². The van der Waals surface area contributed by atoms with E-state index in [1.54, 1.807) is 0 Å². The number of aliphatic hydroxyl groups is 3. The number of ether oxygens (including phenoxy) is 4. The molecule has 1 saturated heterocycles. The topological polar surface area (TPSA) is 186 Å². The normalized spacial score (nSPS) is 20.8. The molecule has 336 valence electrons. The van der Waals surface area contributed by atoms with Crippen LogP contribution in [0.5, 0.6) is 0 Å². The number of carbonyl (C=O) groups is 2. The summed E-state index contributed by atoms with van der Waals surface area (Å²) in [6.45, 7) is 3.66. The number of carbonyl (C=O) groups excluding carboxylic acids is 2. The van der Waals surface area contributed by atoms with E-state index >= 15 is 0 Å². The first-order valence-electron chi connectivity index (χ1n) is 22.2. The molecule has 1 fully saturated rings. The number of hydrogen-bond acceptors (Lipinski definition) is 11. The highest BCUT2D eigenvalue weighted by Crippen LogP contribution is 2.24. The first-order valence-corrected chi connectivity index (χ1v) is 23.8. The van der Waals surface area contributed by atoms with Crippen LogP contribution in [0.4, 0.5) is 0 Å². The molecule has 1 aliphatic rings. The molecule has 12 nitrogen and oxygen atoms in total. The Morgan fingerprint density at radius 1 is 0.586 bits per heavy atom. The SMILES string of the molecule is CCCCC/C=C/C/C=C/C/C=C/CCCCC(=O)OC[C@H](CO[C@H]1O[C@H](CS(=O)(=O)O)[C@@H](O)C(O)C1O)OC(=O)CC/C=C/CCCCCCCCCCCCC. The van der Waals surface area contributed by atoms with Gasteiger partial charge in [0.15, 0.2) is 12.4 Å². The lowest BCUT2D eigenvalue weighted by Gasteiger charge is -2.40. The minimum Gasteiger partial charge on any atom is -0.462 e. The maximum Gasteiger partial charge on any atom is 0.306 e. The van der Waals surface area contributed by atoms with E-state index in [0.717, 1.165) is 44.9 Å². The van der Waals surface area contributed by atoms with Crippen molar-refractivity contribution in [2.75, 3.05) is 19.0 Å². The highest BCUT2D eigenvalue weighted by atomic mass is 32.2. The molecule has 1 rings (SSSR count). The van der Waals surface area contributed by atoms with E-state index in [2.05, 4.69) is 56.4 Å². The van der Waals surface area contributed by atoms with Crippen molar-refractivity contribution >= 4 is 22.1 Å². The summed E-state index contributed by atoms with van der Waals surface area (Å²) < 4.78 is 53.9. The van der Waals surface area contributed by atoms with Crippen LogP contribution in [0.15, 0.2) is 48.6 Å². The van der Waals surface area contributed by atoms with Crippen LogP contribution in [-0.4, -0.2) is 96.0 Å². The predicted molar refractivity (Wildman–Crippen MR) is 229 cm³/mol. The van der Waals surface area contributed by atoms with Gasteiger partial charge in [0.05, 0.1) is 6.61 Å². The number of rotatable bonds is 36. The van der Waals surface area contributed by atoms with Crippen molar-refractivity contribution in [1.82, 2.24) is 0 Å². The van der Waals surface area contributed by atoms with E-state index in [1.165, 1.54) is 83.5 Å². The molecule has 0 spiro atoms. The highest BCUT2D eigenvalue weighted by Gasteiger charge is 2.46. The molecule has 0 bridgehead atoms. The zero-order valence-electron chi connectivity index (χ0n) is 35.6. The van der Waals surface area contributed by atoms with Gasteiger partial charge in [0.1, 0.15) is 36.8 Å². The van der Waals surface area contributed by atoms with Crippen molar-refractivity contribution in [2.45, 2.75) is 205 Å². The standard InChI is InChI=1S/C45H78O12S/c1-3-5-7-9-11-13-15-17-19-21-23-25-27-29-31-33-40(46)54-35-38(36-55-45-44(50)43(49)42(48)39(57-45)37-58(51,52)53)56-41(47)34-32-30-28-26-24-22-20-18-16-14-12-10-8-6-4-2/h11,13,17,19,23,25,28,30,38-39,42-45,48-50H,3-10,12,14-16,18,20-22,24,26-27,29,31-37H2,1-2H3,(H,51,52,53)/b13-11+,19-17+,25-23+,30-28+/t38-,39-,42-,43?,44?,45+/m1/s1. The molecule has 1 aliphatic heterocycles. The van der Waals surface area contributed by atoms with Crippen LogP contribution in [0.1, 0.15) is 168 Å². The number of hydrogen-bond donors (Lipinski definition) is 4. The molecule has 4 N–H and O–H groups in total. The molecule has 0 aromatic heterocycles. The highest BCUT2D eigenvalue weighted by molar-refractivity contribution is 7.85. The van der Waals surface area contributed by atoms with E-state index in [1.807, 2.05) is 6.08 Å². The monoisotopic (exact) mass is 843 g/mol. The second kappa shape index (κ2) is 35.4. The van der Waals surface area contributed by atoms with E-state index in [4.69, 9.17) is 18.9 Å². The van der Waals surface area contributed by atoms with Gasteiger partial charge in [-0.1, -0.05) is 140 Å². The Hall–Kier alpha value is -2.39. The summed E-state index contributed by atoms with van der Waals surface area (Å²) >= 11 is 0. The molecule has 0 radical (unpaired) electrons. The van der Waals surface area contributed by atoms with E-state index < -0.39 is 71.2 Å². The van der Waals surface area contributed by atoms with E-state index in [0.29, 0.717) is 12.8 Å². The van der Waals surface area contributed by atoms with Gasteiger partial charge in [0.2, 0.25) is 0 Å². The summed E-state index contributed by atoms with van der Waals surface area (Å²) in [5, 5.41) is 30.8. The average molecular weight is 843 g/mol. The largest absolute Gasteiger partial charge is 0.462 e. The Balaban J connectivity index is 2.51. The fourth-order valence-electron chi connectivity index (χ4n) is 6.41. The fourth-order valence-corrected chi connectivity index (χ4v) is 7.10. The van der Waals surface area contributed by atoms with Crippen LogP contribution in [0.2, 0.25) is 0 Å². The zero-order valence-corrected chi connectivity index (χ0v) is 36.5. The quantitative estimate of drug-likeness (QED) is 0.0204. The summed E-state index contributed by atoms with van der Waals surface area (Å²) in [5.41, 5.74) is 0. The van der Waals surface area contributed by atoms with Crippen LogP contribution in [-0.2, 0) is 38.7 Å². The van der Waals surface area contributed by atoms with Gasteiger partial charge in [-0.2, -0.15) is 8.42 Å². The van der Waals surface area contributed by atoms with Gasteiger partial charge in [-0.25, -0.2) is 0 Å². The minimum absolute atomic E-state index is 0.0720. The van der Waals surface area contributed by atoms with Crippen LogP contribution >= 0.6 is 0 Å². The first kappa shape index (κ1) is 53.6. The lowest BCUT2D eigenvalue weighted by atomic mass is 10.00. The Kier molecular flexibility index (Phi) is 32.7. The first-order chi connectivity index (χ1) is 28.0. The molecule has 2 unspecified atom stereocenters. The summed E-state index contributed by atoms with van der Waals surface area (Å²) in [4.78, 5) is 25.3. The average Bonchev–Trinajstić information content (AvgIpc) is 3.18. The van der Waals surface area contributed by atoms with Gasteiger partial charge < -0.3 is 34.3 Å². The predicted octanol–water partition coefficient (Wildman–Crippen LogP) is 8.78. The summed E-state index contributed by atoms with van der Waals surface area (Å²) in [5.74, 6) is -2.10. The second-order valence-electron chi connectivity index (χ2n) is 15.4. The molecule has 0 aromatic carbocycles. The Bertz CT molecular complexity index is 1260. The number of aliphatic hydroxyl groups excluding tert-OH is 3. The molecular weight excluding hydrogens is 765 g/mol. The van der Waals surface area contributed by atoms with E-state index in [9.17, 15) is 37.9 Å². The van der Waals surface area contributed by atoms with Gasteiger partial charge in [-0.05, 0) is 64.2 Å². The molecule has 0 saturated carbocycles. The minimum atomic E-state index is -4.61. The fraction of sp³-hybridized carbons (Fsp3) is 0.778. The molecule has 13 heteroatoms. The van der Waals surface area contributed by atoms with Crippen molar-refractivity contribution in [3.05, 3.63) is 48.6 Å². The van der Waals surface area contributed by atoms with Crippen molar-refractivity contribution < 1.29 is 56.8 Å². The molecule has 6 atom stereocenters. The lowest BCUT2D eigenvalue weighted by Crippen LogP contribution is -2.60. The molecule has 0 aromatic rings. The molecule has 0 aliphatic carbocycles. The van der Waals surface area contributed by atoms with Gasteiger partial charge in [0, 0.05) is 12.8 Å². The third kappa shape index (κ3) is 29.8. The Labute approximate surface area is 350 Å². The van der Waals surface area contributed by atoms with Gasteiger partial charge in [-0.15, -0.1) is 0 Å². The Morgan fingerprint density at radius 3 is 1.66 bits per heavy atom. The Morgan fingerprint density at radius 2 is 1.07 bits per heavy atom. The third-order valence-electron chi connectivity index (χ3n) is 9.89. The maximum atomic E-state index is 12.8. The van der Waals surface area contributed by atoms with Crippen LogP contribution in [0, 0.1) is 0 Å². The van der Waals surface area contributed by atoms with Gasteiger partial charge >= 0.3 is 11.9 Å². The van der Waals surface area contributed by atoms with Gasteiger partial charge in [0.25, 0.3) is 10.1 Å². The molecule has 1 heterocycles. The lowest BCUT2D eigenvalue weighted by molar-refractivity contribution is -0.297. The molecule has 58 heavy (non-hydrogen) atoms. The number of allylic oxidation sites excluding steroid dienone is 8. The number of esters is 2. The second-order valence-corrected chi connectivity index (χ2v) is 16.9. The smallest absolute Gasteiger partial charge is 0.306 e. The summed E-state index contributed by atoms with van der Waals surface area (Å²) in [6, 6.07) is 0. The van der Waals surface area contributed by atoms with Crippen LogP contribution in [0.3, 0.4) is 0 Å². The van der Waals surface area contributed by atoms with Crippen LogP contribution < -0.4 is 0 Å². The van der Waals surface area contributed by atoms with Crippen molar-refractivity contribution in [2.24, 2.45) is 0 Å². The van der Waals surface area contributed by atoms with Crippen LogP contribution in [0.25, 0.3) is 0 Å². The van der Waals surface area contributed by atoms with Crippen molar-refractivity contribution in [1.29, 1.82) is 0 Å².